The Morgan fingerprint density at radius 1 is 1.06 bits per heavy atom. The van der Waals surface area contributed by atoms with Crippen molar-refractivity contribution in [2.45, 2.75) is 11.9 Å². The second-order valence-corrected chi connectivity index (χ2v) is 8.23. The summed E-state index contributed by atoms with van der Waals surface area (Å²) in [5.41, 5.74) is 0.912. The normalized spacial score (nSPS) is 16.8. The third-order valence-electron chi connectivity index (χ3n) is 5.25. The fraction of sp³-hybridized carbons (Fsp3) is 0.0870. The number of para-hydroxylation sites is 2. The van der Waals surface area contributed by atoms with Gasteiger partial charge in [-0.3, -0.25) is 25.2 Å². The Morgan fingerprint density at radius 3 is 2.61 bits per heavy atom. The van der Waals surface area contributed by atoms with Gasteiger partial charge in [0, 0.05) is 17.0 Å². The Balaban J connectivity index is 1.61. The molecule has 1 N–H and O–H groups in total. The van der Waals surface area contributed by atoms with E-state index in [1.165, 1.54) is 17.1 Å². The van der Waals surface area contributed by atoms with Crippen molar-refractivity contribution in [1.82, 2.24) is 10.3 Å². The topological polar surface area (TPSA) is 100 Å². The second-order valence-electron chi connectivity index (χ2n) is 7.27. The quantitative estimate of drug-likeness (QED) is 0.476. The summed E-state index contributed by atoms with van der Waals surface area (Å²) in [5, 5.41) is 21.8. The van der Waals surface area contributed by atoms with Crippen molar-refractivity contribution in [2.24, 2.45) is 10.1 Å². The van der Waals surface area contributed by atoms with Gasteiger partial charge in [-0.25, -0.2) is 9.40 Å². The van der Waals surface area contributed by atoms with E-state index in [2.05, 4.69) is 15.4 Å². The van der Waals surface area contributed by atoms with E-state index < -0.39 is 17.0 Å². The lowest BCUT2D eigenvalue weighted by atomic mass is 10.1. The molecule has 10 heteroatoms. The van der Waals surface area contributed by atoms with E-state index in [4.69, 9.17) is 0 Å². The van der Waals surface area contributed by atoms with E-state index in [9.17, 15) is 19.3 Å². The summed E-state index contributed by atoms with van der Waals surface area (Å²) in [4.78, 5) is 29.0. The maximum absolute atomic E-state index is 14.0. The summed E-state index contributed by atoms with van der Waals surface area (Å²) in [5.74, 6) is -0.509. The zero-order valence-electron chi connectivity index (χ0n) is 17.0. The monoisotopic (exact) mass is 461 g/mol. The molecule has 5 rings (SSSR count). The molecule has 0 unspecified atom stereocenters. The van der Waals surface area contributed by atoms with E-state index in [1.54, 1.807) is 60.7 Å². The molecule has 3 aromatic carbocycles. The molecule has 0 fully saturated rings. The molecule has 0 radical (unpaired) electrons. The van der Waals surface area contributed by atoms with Crippen LogP contribution in [0.1, 0.15) is 17.3 Å². The van der Waals surface area contributed by atoms with Gasteiger partial charge in [0.2, 0.25) is 0 Å². The molecular weight excluding hydrogens is 445 g/mol. The maximum Gasteiger partial charge on any atom is 0.276 e. The number of halogens is 1. The Hall–Kier alpha value is -4.05. The Labute approximate surface area is 191 Å². The summed E-state index contributed by atoms with van der Waals surface area (Å²) in [7, 11) is 0. The predicted molar refractivity (Wildman–Crippen MR) is 122 cm³/mol. The number of amides is 1. The summed E-state index contributed by atoms with van der Waals surface area (Å²) in [6.07, 6.45) is -0.911. The van der Waals surface area contributed by atoms with Crippen LogP contribution >= 0.6 is 11.8 Å². The molecule has 8 nitrogen and oxygen atoms in total. The average Bonchev–Trinajstić information content (AvgIpc) is 2.83. The van der Waals surface area contributed by atoms with Gasteiger partial charge >= 0.3 is 0 Å². The van der Waals surface area contributed by atoms with Gasteiger partial charge in [0.15, 0.2) is 11.3 Å². The lowest BCUT2D eigenvalue weighted by Crippen LogP contribution is -2.50. The number of nitro benzene ring substituents is 1. The third-order valence-corrected chi connectivity index (χ3v) is 6.16. The first-order valence-electron chi connectivity index (χ1n) is 9.99. The van der Waals surface area contributed by atoms with Gasteiger partial charge in [0.1, 0.15) is 11.5 Å². The van der Waals surface area contributed by atoms with Crippen molar-refractivity contribution in [3.63, 3.8) is 0 Å². The number of benzene rings is 3. The van der Waals surface area contributed by atoms with Crippen LogP contribution in [0.2, 0.25) is 0 Å². The van der Waals surface area contributed by atoms with Gasteiger partial charge in [-0.2, -0.15) is 0 Å². The summed E-state index contributed by atoms with van der Waals surface area (Å²) >= 11 is 1.16. The largest absolute Gasteiger partial charge is 0.298 e. The molecule has 2 aliphatic heterocycles. The van der Waals surface area contributed by atoms with Crippen LogP contribution < -0.4 is 15.9 Å². The number of nitrogens with one attached hydrogen (secondary N) is 1. The fourth-order valence-electron chi connectivity index (χ4n) is 3.73. The molecule has 164 valence electrons. The van der Waals surface area contributed by atoms with Crippen LogP contribution in [0.4, 0.5) is 10.1 Å². The number of carbonyl (C=O) groups excluding carboxylic acids is 1. The number of rotatable bonds is 4. The van der Waals surface area contributed by atoms with E-state index in [0.717, 1.165) is 11.8 Å². The van der Waals surface area contributed by atoms with Crippen molar-refractivity contribution in [3.05, 3.63) is 110 Å². The molecule has 33 heavy (non-hydrogen) atoms. The van der Waals surface area contributed by atoms with E-state index in [1.807, 2.05) is 0 Å². The molecule has 3 aromatic rings. The number of hydrazone groups is 1. The van der Waals surface area contributed by atoms with Crippen molar-refractivity contribution < 1.29 is 14.1 Å². The summed E-state index contributed by atoms with van der Waals surface area (Å²) in [6.45, 7) is 0. The van der Waals surface area contributed by atoms with E-state index in [-0.39, 0.29) is 28.1 Å². The van der Waals surface area contributed by atoms with Crippen LogP contribution in [0.15, 0.2) is 82.9 Å². The van der Waals surface area contributed by atoms with Crippen LogP contribution in [-0.2, 0) is 10.5 Å². The Morgan fingerprint density at radius 2 is 1.79 bits per heavy atom. The number of carbonyl (C=O) groups is 1. The fourth-order valence-corrected chi connectivity index (χ4v) is 4.57. The number of nitro groups is 1. The SMILES string of the molecule is O=C1NC(SCc2ccccc2F)=NN2C1=c1ccccc1=N[C@@H]2c1ccccc1[N+](=O)[O-]. The van der Waals surface area contributed by atoms with Gasteiger partial charge in [-0.1, -0.05) is 60.3 Å². The zero-order valence-corrected chi connectivity index (χ0v) is 17.8. The molecule has 0 aliphatic carbocycles. The molecule has 1 amide bonds. The highest BCUT2D eigenvalue weighted by atomic mass is 32.2. The highest BCUT2D eigenvalue weighted by molar-refractivity contribution is 8.13. The van der Waals surface area contributed by atoms with E-state index in [0.29, 0.717) is 21.7 Å². The molecule has 0 spiro atoms. The number of nitrogens with zero attached hydrogens (tertiary/aromatic N) is 4. The first-order chi connectivity index (χ1) is 16.0. The first-order valence-corrected chi connectivity index (χ1v) is 11.0. The standard InChI is InChI=1S/C23H16FN5O3S/c24-17-10-4-1-7-14(17)13-33-23-26-22(30)20-15-8-2-5-11-18(15)25-21(28(20)27-23)16-9-3-6-12-19(16)29(31)32/h1-12,21H,13H2,(H,26,27,30)/t21-/m0/s1. The molecule has 2 aliphatic rings. The summed E-state index contributed by atoms with van der Waals surface area (Å²) in [6, 6.07) is 19.7. The highest BCUT2D eigenvalue weighted by Crippen LogP contribution is 2.35. The molecule has 2 heterocycles. The van der Waals surface area contributed by atoms with Crippen molar-refractivity contribution in [2.75, 3.05) is 0 Å². The van der Waals surface area contributed by atoms with Gasteiger partial charge in [0.25, 0.3) is 11.6 Å². The number of fused-ring (bicyclic) bond motifs is 2. The minimum atomic E-state index is -0.911. The van der Waals surface area contributed by atoms with E-state index >= 15 is 0 Å². The average molecular weight is 461 g/mol. The van der Waals surface area contributed by atoms with Crippen molar-refractivity contribution in [1.29, 1.82) is 0 Å². The van der Waals surface area contributed by atoms with Crippen LogP contribution in [-0.4, -0.2) is 21.0 Å². The molecule has 0 saturated heterocycles. The zero-order chi connectivity index (χ0) is 22.9. The van der Waals surface area contributed by atoms with Gasteiger partial charge in [-0.05, 0) is 23.8 Å². The minimum Gasteiger partial charge on any atom is -0.298 e. The number of amidine groups is 1. The lowest BCUT2D eigenvalue weighted by molar-refractivity contribution is -0.386. The predicted octanol–water partition coefficient (Wildman–Crippen LogP) is 2.81. The number of hydrogen-bond acceptors (Lipinski definition) is 7. The molecule has 1 atom stereocenters. The van der Waals surface area contributed by atoms with Crippen LogP contribution in [0.3, 0.4) is 0 Å². The minimum absolute atomic E-state index is 0.119. The van der Waals surface area contributed by atoms with Crippen molar-refractivity contribution in [3.8, 4) is 0 Å². The second kappa shape index (κ2) is 8.47. The first kappa shape index (κ1) is 20.8. The Bertz CT molecular complexity index is 1440. The molecular formula is C23H16FN5O3S. The van der Waals surface area contributed by atoms with Gasteiger partial charge < -0.3 is 0 Å². The van der Waals surface area contributed by atoms with Gasteiger partial charge in [-0.15, -0.1) is 5.10 Å². The van der Waals surface area contributed by atoms with Crippen LogP contribution in [0.5, 0.6) is 0 Å². The number of hydrogen-bond donors (Lipinski definition) is 1. The Kier molecular flexibility index (Phi) is 5.35. The molecule has 0 bridgehead atoms. The van der Waals surface area contributed by atoms with Crippen molar-refractivity contribution >= 4 is 34.2 Å². The van der Waals surface area contributed by atoms with Gasteiger partial charge in [0.05, 0.1) is 15.8 Å². The van der Waals surface area contributed by atoms with Crippen LogP contribution in [0, 0.1) is 15.9 Å². The highest BCUT2D eigenvalue weighted by Gasteiger charge is 2.37. The van der Waals surface area contributed by atoms with Crippen LogP contribution in [0.25, 0.3) is 5.70 Å². The summed E-state index contributed by atoms with van der Waals surface area (Å²) < 4.78 is 14.0. The molecule has 0 aromatic heterocycles. The molecule has 0 saturated carbocycles. The maximum atomic E-state index is 14.0. The third kappa shape index (κ3) is 3.85. The smallest absolute Gasteiger partial charge is 0.276 e. The number of thioether (sulfide) groups is 1. The lowest BCUT2D eigenvalue weighted by Gasteiger charge is -2.33.